The number of aromatic nitrogens is 2. The lowest BCUT2D eigenvalue weighted by atomic mass is 9.99. The lowest BCUT2D eigenvalue weighted by Gasteiger charge is -2.37. The van der Waals surface area contributed by atoms with Crippen LogP contribution in [0.15, 0.2) is 12.4 Å². The van der Waals surface area contributed by atoms with Crippen LogP contribution in [0.1, 0.15) is 38.1 Å². The van der Waals surface area contributed by atoms with Crippen molar-refractivity contribution in [2.75, 3.05) is 6.54 Å². The van der Waals surface area contributed by atoms with E-state index >= 15 is 0 Å². The molecule has 16 heavy (non-hydrogen) atoms. The zero-order chi connectivity index (χ0) is 11.5. The largest absolute Gasteiger partial charge is 0.368 e. The molecule has 0 bridgehead atoms. The number of nitrogens with one attached hydrogen (secondary N) is 1. The number of nitrogens with two attached hydrogens (primary N) is 1. The second kappa shape index (κ2) is 4.65. The van der Waals surface area contributed by atoms with Gasteiger partial charge >= 0.3 is 0 Å². The summed E-state index contributed by atoms with van der Waals surface area (Å²) < 4.78 is 0. The number of nitrogens with zero attached hydrogens (tertiary/aromatic N) is 2. The number of likely N-dealkylation sites (tertiary alicyclic amines) is 1. The van der Waals surface area contributed by atoms with Crippen LogP contribution in [-0.4, -0.2) is 33.4 Å². The van der Waals surface area contributed by atoms with E-state index in [1.165, 1.54) is 0 Å². The Morgan fingerprint density at radius 3 is 3.12 bits per heavy atom. The maximum absolute atomic E-state index is 11.4. The van der Waals surface area contributed by atoms with Crippen molar-refractivity contribution in [3.8, 4) is 0 Å². The standard InChI is InChI=1S/C11H18N4O/c1-8(11-13-5-6-14-11)15-7-3-2-4-9(15)10(12)16/h5-6,8-9H,2-4,7H2,1H3,(H2,12,16)(H,13,14). The molecule has 0 aliphatic carbocycles. The van der Waals surface area contributed by atoms with E-state index in [1.54, 1.807) is 12.4 Å². The van der Waals surface area contributed by atoms with Crippen molar-refractivity contribution in [2.24, 2.45) is 5.73 Å². The second-order valence-electron chi connectivity index (χ2n) is 4.30. The fourth-order valence-corrected chi connectivity index (χ4v) is 2.39. The summed E-state index contributed by atoms with van der Waals surface area (Å²) in [4.78, 5) is 20.9. The number of hydrogen-bond acceptors (Lipinski definition) is 3. The van der Waals surface area contributed by atoms with Gasteiger partial charge in [0.05, 0.1) is 12.1 Å². The summed E-state index contributed by atoms with van der Waals surface area (Å²) in [6.07, 6.45) is 6.59. The van der Waals surface area contributed by atoms with E-state index in [4.69, 9.17) is 5.73 Å². The first-order valence-electron chi connectivity index (χ1n) is 5.74. The van der Waals surface area contributed by atoms with Gasteiger partial charge in [-0.3, -0.25) is 9.69 Å². The number of carbonyl (C=O) groups is 1. The molecule has 3 N–H and O–H groups in total. The van der Waals surface area contributed by atoms with Crippen molar-refractivity contribution in [3.63, 3.8) is 0 Å². The zero-order valence-electron chi connectivity index (χ0n) is 9.52. The van der Waals surface area contributed by atoms with Crippen molar-refractivity contribution >= 4 is 5.91 Å². The fourth-order valence-electron chi connectivity index (χ4n) is 2.39. The zero-order valence-corrected chi connectivity index (χ0v) is 9.52. The van der Waals surface area contributed by atoms with Crippen LogP contribution < -0.4 is 5.73 Å². The average Bonchev–Trinajstić information content (AvgIpc) is 2.81. The number of piperidine rings is 1. The minimum atomic E-state index is -0.224. The number of hydrogen-bond donors (Lipinski definition) is 2. The van der Waals surface area contributed by atoms with E-state index in [1.807, 2.05) is 0 Å². The van der Waals surface area contributed by atoms with Gasteiger partial charge in [0.15, 0.2) is 0 Å². The molecule has 1 aliphatic rings. The molecular weight excluding hydrogens is 204 g/mol. The first-order chi connectivity index (χ1) is 7.70. The molecule has 2 atom stereocenters. The Morgan fingerprint density at radius 1 is 1.69 bits per heavy atom. The number of H-pyrrole nitrogens is 1. The maximum Gasteiger partial charge on any atom is 0.234 e. The molecular formula is C11H18N4O. The van der Waals surface area contributed by atoms with Crippen molar-refractivity contribution in [1.82, 2.24) is 14.9 Å². The molecule has 2 heterocycles. The maximum atomic E-state index is 11.4. The van der Waals surface area contributed by atoms with Crippen LogP contribution in [0.2, 0.25) is 0 Å². The third-order valence-electron chi connectivity index (χ3n) is 3.29. The molecule has 1 aliphatic heterocycles. The monoisotopic (exact) mass is 222 g/mol. The topological polar surface area (TPSA) is 75.0 Å². The minimum absolute atomic E-state index is 0.118. The lowest BCUT2D eigenvalue weighted by Crippen LogP contribution is -2.48. The fraction of sp³-hybridized carbons (Fsp3) is 0.636. The molecule has 1 fully saturated rings. The Bertz CT molecular complexity index is 349. The molecule has 5 nitrogen and oxygen atoms in total. The molecule has 1 saturated heterocycles. The molecule has 5 heteroatoms. The molecule has 0 aromatic carbocycles. The van der Waals surface area contributed by atoms with E-state index < -0.39 is 0 Å². The molecule has 88 valence electrons. The Labute approximate surface area is 95.0 Å². The summed E-state index contributed by atoms with van der Waals surface area (Å²) in [6, 6.07) is -0.0263. The highest BCUT2D eigenvalue weighted by Gasteiger charge is 2.31. The lowest BCUT2D eigenvalue weighted by molar-refractivity contribution is -0.125. The van der Waals surface area contributed by atoms with Gasteiger partial charge in [0.25, 0.3) is 0 Å². The smallest absolute Gasteiger partial charge is 0.234 e. The van der Waals surface area contributed by atoms with E-state index in [0.717, 1.165) is 31.6 Å². The van der Waals surface area contributed by atoms with Crippen molar-refractivity contribution in [2.45, 2.75) is 38.3 Å². The summed E-state index contributed by atoms with van der Waals surface area (Å²) in [6.45, 7) is 2.97. The van der Waals surface area contributed by atoms with Crippen molar-refractivity contribution in [3.05, 3.63) is 18.2 Å². The Kier molecular flexibility index (Phi) is 3.24. The molecule has 0 spiro atoms. The normalized spacial score (nSPS) is 24.2. The van der Waals surface area contributed by atoms with E-state index in [9.17, 15) is 4.79 Å². The molecule has 2 unspecified atom stereocenters. The molecule has 0 saturated carbocycles. The summed E-state index contributed by atoms with van der Waals surface area (Å²) in [5, 5.41) is 0. The van der Waals surface area contributed by atoms with Gasteiger partial charge in [0, 0.05) is 12.4 Å². The first kappa shape index (κ1) is 11.1. The summed E-state index contributed by atoms with van der Waals surface area (Å²) in [7, 11) is 0. The van der Waals surface area contributed by atoms with Gasteiger partial charge in [-0.05, 0) is 26.3 Å². The quantitative estimate of drug-likeness (QED) is 0.794. The Morgan fingerprint density at radius 2 is 2.50 bits per heavy atom. The highest BCUT2D eigenvalue weighted by molar-refractivity contribution is 5.80. The van der Waals surface area contributed by atoms with Crippen LogP contribution in [0.4, 0.5) is 0 Å². The van der Waals surface area contributed by atoms with Gasteiger partial charge in [-0.25, -0.2) is 4.98 Å². The first-order valence-corrected chi connectivity index (χ1v) is 5.74. The van der Waals surface area contributed by atoms with Crippen LogP contribution in [-0.2, 0) is 4.79 Å². The highest BCUT2D eigenvalue weighted by atomic mass is 16.1. The van der Waals surface area contributed by atoms with Crippen molar-refractivity contribution < 1.29 is 4.79 Å². The van der Waals surface area contributed by atoms with Gasteiger partial charge in [-0.2, -0.15) is 0 Å². The van der Waals surface area contributed by atoms with Crippen LogP contribution in [0, 0.1) is 0 Å². The predicted molar refractivity (Wildman–Crippen MR) is 60.5 cm³/mol. The van der Waals surface area contributed by atoms with Crippen LogP contribution in [0.5, 0.6) is 0 Å². The van der Waals surface area contributed by atoms with E-state index in [0.29, 0.717) is 0 Å². The van der Waals surface area contributed by atoms with Gasteiger partial charge < -0.3 is 10.7 Å². The number of aromatic amines is 1. The Hall–Kier alpha value is -1.36. The predicted octanol–water partition coefficient (Wildman–Crippen LogP) is 0.810. The SMILES string of the molecule is CC(c1ncc[nH]1)N1CCCCC1C(N)=O. The Balaban J connectivity index is 2.14. The van der Waals surface area contributed by atoms with Crippen LogP contribution >= 0.6 is 0 Å². The van der Waals surface area contributed by atoms with E-state index in [2.05, 4.69) is 21.8 Å². The van der Waals surface area contributed by atoms with Gasteiger partial charge in [0.2, 0.25) is 5.91 Å². The summed E-state index contributed by atoms with van der Waals surface area (Å²) in [5.74, 6) is 0.672. The molecule has 1 aromatic heterocycles. The number of rotatable bonds is 3. The summed E-state index contributed by atoms with van der Waals surface area (Å²) >= 11 is 0. The van der Waals surface area contributed by atoms with Crippen LogP contribution in [0.3, 0.4) is 0 Å². The number of imidazole rings is 1. The van der Waals surface area contributed by atoms with Crippen molar-refractivity contribution in [1.29, 1.82) is 0 Å². The number of primary amides is 1. The summed E-state index contributed by atoms with van der Waals surface area (Å²) in [5.41, 5.74) is 5.44. The van der Waals surface area contributed by atoms with Gasteiger partial charge in [-0.15, -0.1) is 0 Å². The van der Waals surface area contributed by atoms with Gasteiger partial charge in [0.1, 0.15) is 5.82 Å². The highest BCUT2D eigenvalue weighted by Crippen LogP contribution is 2.26. The van der Waals surface area contributed by atoms with E-state index in [-0.39, 0.29) is 18.0 Å². The molecule has 1 aromatic rings. The molecule has 0 radical (unpaired) electrons. The third kappa shape index (κ3) is 2.09. The minimum Gasteiger partial charge on any atom is -0.368 e. The number of carbonyl (C=O) groups excluding carboxylic acids is 1. The molecule has 1 amide bonds. The molecule has 2 rings (SSSR count). The average molecular weight is 222 g/mol. The van der Waals surface area contributed by atoms with Gasteiger partial charge in [-0.1, -0.05) is 6.42 Å². The van der Waals surface area contributed by atoms with Crippen LogP contribution in [0.25, 0.3) is 0 Å². The number of amides is 1. The third-order valence-corrected chi connectivity index (χ3v) is 3.29. The second-order valence-corrected chi connectivity index (χ2v) is 4.30.